The summed E-state index contributed by atoms with van der Waals surface area (Å²) >= 11 is 3.89. The molecular weight excluding hydrogens is 260 g/mol. The molecule has 2 rings (SSSR count). The molecule has 2 N–H and O–H groups in total. The van der Waals surface area contributed by atoms with Crippen LogP contribution in [-0.4, -0.2) is 34.0 Å². The molecular formula is C12H21F2NS2. The highest BCUT2D eigenvalue weighted by Crippen LogP contribution is 2.42. The van der Waals surface area contributed by atoms with Crippen LogP contribution in [0, 0.1) is 5.92 Å². The van der Waals surface area contributed by atoms with Gasteiger partial charge in [-0.25, -0.2) is 8.78 Å². The molecule has 0 aromatic carbocycles. The topological polar surface area (TPSA) is 26.0 Å². The highest BCUT2D eigenvalue weighted by atomic mass is 32.2. The summed E-state index contributed by atoms with van der Waals surface area (Å²) in [5.41, 5.74) is 6.23. The van der Waals surface area contributed by atoms with Crippen LogP contribution in [0.1, 0.15) is 32.6 Å². The van der Waals surface area contributed by atoms with E-state index >= 15 is 0 Å². The van der Waals surface area contributed by atoms with Crippen molar-refractivity contribution in [2.75, 3.05) is 11.5 Å². The molecule has 1 nitrogen and oxygen atoms in total. The molecule has 2 aliphatic rings. The molecule has 1 aliphatic carbocycles. The molecule has 0 radical (unpaired) electrons. The van der Waals surface area contributed by atoms with Gasteiger partial charge in [0.05, 0.1) is 0 Å². The number of halogens is 2. The van der Waals surface area contributed by atoms with Gasteiger partial charge in [-0.05, 0) is 18.8 Å². The summed E-state index contributed by atoms with van der Waals surface area (Å²) in [6, 6.07) is 0.0849. The Balaban J connectivity index is 1.82. The summed E-state index contributed by atoms with van der Waals surface area (Å²) in [4.78, 5) is 0. The molecule has 2 fully saturated rings. The van der Waals surface area contributed by atoms with E-state index in [1.807, 2.05) is 23.5 Å². The van der Waals surface area contributed by atoms with E-state index in [0.717, 1.165) is 12.2 Å². The molecule has 1 aliphatic heterocycles. The SMILES string of the molecule is CC1SCCSC1C(N)CC1CCC(F)(F)C1. The number of nitrogens with two attached hydrogens (primary N) is 1. The molecule has 1 saturated heterocycles. The van der Waals surface area contributed by atoms with Gasteiger partial charge in [0.25, 0.3) is 0 Å². The first-order chi connectivity index (χ1) is 7.98. The van der Waals surface area contributed by atoms with Crippen molar-refractivity contribution in [3.05, 3.63) is 0 Å². The van der Waals surface area contributed by atoms with E-state index in [1.165, 1.54) is 5.75 Å². The third-order valence-corrected chi connectivity index (χ3v) is 7.04. The van der Waals surface area contributed by atoms with Gasteiger partial charge in [0.1, 0.15) is 0 Å². The van der Waals surface area contributed by atoms with Crippen LogP contribution >= 0.6 is 23.5 Å². The minimum atomic E-state index is -2.43. The molecule has 4 atom stereocenters. The third-order valence-electron chi connectivity index (χ3n) is 3.77. The molecule has 0 aromatic heterocycles. The van der Waals surface area contributed by atoms with Crippen molar-refractivity contribution in [2.24, 2.45) is 11.7 Å². The van der Waals surface area contributed by atoms with Gasteiger partial charge >= 0.3 is 0 Å². The van der Waals surface area contributed by atoms with Gasteiger partial charge < -0.3 is 5.73 Å². The average molecular weight is 281 g/mol. The number of hydrogen-bond acceptors (Lipinski definition) is 3. The molecule has 100 valence electrons. The van der Waals surface area contributed by atoms with E-state index in [-0.39, 0.29) is 24.8 Å². The second-order valence-electron chi connectivity index (χ2n) is 5.28. The first kappa shape index (κ1) is 13.9. The summed E-state index contributed by atoms with van der Waals surface area (Å²) in [7, 11) is 0. The van der Waals surface area contributed by atoms with Gasteiger partial charge in [-0.3, -0.25) is 0 Å². The average Bonchev–Trinajstić information content (AvgIpc) is 2.58. The lowest BCUT2D eigenvalue weighted by molar-refractivity contribution is 0.00448. The van der Waals surface area contributed by atoms with Gasteiger partial charge in [0, 0.05) is 40.9 Å². The monoisotopic (exact) mass is 281 g/mol. The maximum Gasteiger partial charge on any atom is 0.248 e. The van der Waals surface area contributed by atoms with E-state index in [0.29, 0.717) is 16.9 Å². The largest absolute Gasteiger partial charge is 0.327 e. The zero-order valence-corrected chi connectivity index (χ0v) is 11.8. The number of rotatable bonds is 3. The van der Waals surface area contributed by atoms with E-state index in [4.69, 9.17) is 5.73 Å². The van der Waals surface area contributed by atoms with Gasteiger partial charge in [-0.15, -0.1) is 0 Å². The Morgan fingerprint density at radius 3 is 2.65 bits per heavy atom. The fourth-order valence-corrected chi connectivity index (χ4v) is 5.79. The second kappa shape index (κ2) is 5.66. The van der Waals surface area contributed by atoms with Crippen molar-refractivity contribution in [3.63, 3.8) is 0 Å². The Morgan fingerprint density at radius 1 is 1.35 bits per heavy atom. The summed E-state index contributed by atoms with van der Waals surface area (Å²) in [5.74, 6) is 0.0506. The summed E-state index contributed by atoms with van der Waals surface area (Å²) in [5, 5.41) is 1.01. The number of alkyl halides is 2. The highest BCUT2D eigenvalue weighted by molar-refractivity contribution is 8.07. The maximum absolute atomic E-state index is 13.1. The van der Waals surface area contributed by atoms with Crippen LogP contribution in [0.25, 0.3) is 0 Å². The lowest BCUT2D eigenvalue weighted by Crippen LogP contribution is -2.41. The fraction of sp³-hybridized carbons (Fsp3) is 1.00. The molecule has 0 amide bonds. The van der Waals surface area contributed by atoms with Crippen LogP contribution in [0.2, 0.25) is 0 Å². The lowest BCUT2D eigenvalue weighted by atomic mass is 9.96. The fourth-order valence-electron chi connectivity index (χ4n) is 2.88. The third kappa shape index (κ3) is 3.74. The molecule has 5 heteroatoms. The van der Waals surface area contributed by atoms with Gasteiger partial charge in [-0.1, -0.05) is 6.92 Å². The Hall–Kier alpha value is 0.520. The minimum absolute atomic E-state index is 0.0552. The Bertz CT molecular complexity index is 263. The summed E-state index contributed by atoms with van der Waals surface area (Å²) < 4.78 is 26.2. The standard InChI is InChI=1S/C12H21F2NS2/c1-8-11(17-5-4-16-8)10(15)6-9-2-3-12(13,14)7-9/h8-11H,2-7,15H2,1H3. The van der Waals surface area contributed by atoms with Crippen molar-refractivity contribution in [1.82, 2.24) is 0 Å². The van der Waals surface area contributed by atoms with Crippen molar-refractivity contribution >= 4 is 23.5 Å². The van der Waals surface area contributed by atoms with Gasteiger partial charge in [0.2, 0.25) is 5.92 Å². The van der Waals surface area contributed by atoms with Crippen LogP contribution in [-0.2, 0) is 0 Å². The van der Waals surface area contributed by atoms with Crippen LogP contribution in [0.3, 0.4) is 0 Å². The molecule has 4 unspecified atom stereocenters. The normalized spacial score (nSPS) is 39.2. The highest BCUT2D eigenvalue weighted by Gasteiger charge is 2.41. The number of thioether (sulfide) groups is 2. The Kier molecular flexibility index (Phi) is 4.64. The van der Waals surface area contributed by atoms with Crippen LogP contribution < -0.4 is 5.73 Å². The minimum Gasteiger partial charge on any atom is -0.327 e. The van der Waals surface area contributed by atoms with Crippen molar-refractivity contribution in [3.8, 4) is 0 Å². The summed E-state index contributed by atoms with van der Waals surface area (Å²) in [6.45, 7) is 2.21. The molecule has 17 heavy (non-hydrogen) atoms. The smallest absolute Gasteiger partial charge is 0.248 e. The predicted octanol–water partition coefficient (Wildman–Crippen LogP) is 3.38. The number of hydrogen-bond donors (Lipinski definition) is 1. The second-order valence-corrected chi connectivity index (χ2v) is 8.05. The first-order valence-corrected chi connectivity index (χ1v) is 8.44. The van der Waals surface area contributed by atoms with Gasteiger partial charge in [-0.2, -0.15) is 23.5 Å². The Morgan fingerprint density at radius 2 is 2.06 bits per heavy atom. The molecule has 1 heterocycles. The van der Waals surface area contributed by atoms with Crippen molar-refractivity contribution in [1.29, 1.82) is 0 Å². The van der Waals surface area contributed by atoms with Crippen LogP contribution in [0.5, 0.6) is 0 Å². The predicted molar refractivity (Wildman–Crippen MR) is 73.0 cm³/mol. The van der Waals surface area contributed by atoms with E-state index in [2.05, 4.69) is 6.92 Å². The quantitative estimate of drug-likeness (QED) is 0.859. The zero-order valence-electron chi connectivity index (χ0n) is 10.2. The maximum atomic E-state index is 13.1. The van der Waals surface area contributed by atoms with E-state index in [1.54, 1.807) is 0 Å². The lowest BCUT2D eigenvalue weighted by Gasteiger charge is -2.33. The van der Waals surface area contributed by atoms with E-state index < -0.39 is 5.92 Å². The van der Waals surface area contributed by atoms with E-state index in [9.17, 15) is 8.78 Å². The summed E-state index contributed by atoms with van der Waals surface area (Å²) in [6.07, 6.45) is 1.55. The Labute approximate surface area is 111 Å². The van der Waals surface area contributed by atoms with Crippen molar-refractivity contribution < 1.29 is 8.78 Å². The zero-order chi connectivity index (χ0) is 12.5. The molecule has 0 spiro atoms. The van der Waals surface area contributed by atoms with Crippen LogP contribution in [0.4, 0.5) is 8.78 Å². The van der Waals surface area contributed by atoms with Gasteiger partial charge in [0.15, 0.2) is 0 Å². The van der Waals surface area contributed by atoms with Crippen molar-refractivity contribution in [2.45, 2.75) is 55.1 Å². The molecule has 1 saturated carbocycles. The first-order valence-electron chi connectivity index (χ1n) is 6.34. The van der Waals surface area contributed by atoms with Crippen LogP contribution in [0.15, 0.2) is 0 Å². The molecule has 0 bridgehead atoms. The molecule has 0 aromatic rings.